The third-order valence-corrected chi connectivity index (χ3v) is 2.89. The first-order valence-electron chi connectivity index (χ1n) is 6.19. The number of para-hydroxylation sites is 2. The second kappa shape index (κ2) is 9.51. The van der Waals surface area contributed by atoms with E-state index < -0.39 is 0 Å². The molecule has 22 heavy (non-hydrogen) atoms. The molecule has 1 heterocycles. The Labute approximate surface area is 148 Å². The Kier molecular flexibility index (Phi) is 8.03. The average Bonchev–Trinajstić information content (AvgIpc) is 2.56. The Morgan fingerprint density at radius 3 is 2.50 bits per heavy atom. The zero-order chi connectivity index (χ0) is 15.1. The molecule has 2 aromatic carbocycles. The summed E-state index contributed by atoms with van der Waals surface area (Å²) in [6, 6.07) is 16.9. The molecule has 0 unspecified atom stereocenters. The van der Waals surface area contributed by atoms with Gasteiger partial charge in [0.05, 0.1) is 11.2 Å². The maximum absolute atomic E-state index is 9.69. The molecule has 5 heteroatoms. The molecule has 1 aromatic heterocycles. The number of phenols is 1. The maximum atomic E-state index is 9.69. The number of fused-ring (bicyclic) bond motifs is 1. The summed E-state index contributed by atoms with van der Waals surface area (Å²) >= 11 is 4.75. The van der Waals surface area contributed by atoms with E-state index in [4.69, 9.17) is 0 Å². The van der Waals surface area contributed by atoms with Gasteiger partial charge in [0.15, 0.2) is 0 Å². The molecule has 0 fully saturated rings. The molecular formula is C17H15BrN2OTi. The average molecular weight is 391 g/mol. The van der Waals surface area contributed by atoms with Crippen LogP contribution >= 0.6 is 13.2 Å². The molecule has 3 rings (SSSR count). The second-order valence-electron chi connectivity index (χ2n) is 4.17. The molecule has 0 spiro atoms. The number of pyridine rings is 1. The first-order chi connectivity index (χ1) is 10.3. The van der Waals surface area contributed by atoms with Gasteiger partial charge in [-0.1, -0.05) is 30.3 Å². The summed E-state index contributed by atoms with van der Waals surface area (Å²) < 4.78 is 0. The van der Waals surface area contributed by atoms with Crippen LogP contribution in [-0.4, -0.2) is 16.3 Å². The van der Waals surface area contributed by atoms with Gasteiger partial charge >= 0.3 is 31.5 Å². The molecule has 0 atom stereocenters. The molecule has 0 radical (unpaired) electrons. The fourth-order valence-corrected chi connectivity index (χ4v) is 1.93. The van der Waals surface area contributed by atoms with E-state index >= 15 is 0 Å². The van der Waals surface area contributed by atoms with E-state index in [2.05, 4.69) is 23.1 Å². The van der Waals surface area contributed by atoms with Crippen molar-refractivity contribution in [3.63, 3.8) is 0 Å². The van der Waals surface area contributed by atoms with Crippen LogP contribution in [0.2, 0.25) is 0 Å². The molecule has 0 saturated carbocycles. The van der Waals surface area contributed by atoms with Crippen molar-refractivity contribution in [2.75, 3.05) is 0 Å². The van der Waals surface area contributed by atoms with Crippen molar-refractivity contribution >= 4 is 36.0 Å². The number of hydrogen-bond acceptors (Lipinski definition) is 3. The summed E-state index contributed by atoms with van der Waals surface area (Å²) in [4.78, 5) is 8.76. The first-order valence-corrected chi connectivity index (χ1v) is 10.1. The van der Waals surface area contributed by atoms with Crippen molar-refractivity contribution in [3.8, 4) is 5.75 Å². The third kappa shape index (κ3) is 4.50. The number of rotatable bonds is 2. The van der Waals surface area contributed by atoms with Crippen molar-refractivity contribution in [2.45, 2.75) is 0 Å². The quantitative estimate of drug-likeness (QED) is 0.380. The van der Waals surface area contributed by atoms with Crippen LogP contribution in [0.3, 0.4) is 0 Å². The Morgan fingerprint density at radius 1 is 1.00 bits per heavy atom. The molecule has 0 amide bonds. The molecule has 0 aliphatic heterocycles. The first kappa shape index (κ1) is 18.6. The predicted octanol–water partition coefficient (Wildman–Crippen LogP) is 4.98. The van der Waals surface area contributed by atoms with Gasteiger partial charge in [0.1, 0.15) is 5.75 Å². The fourth-order valence-electron chi connectivity index (χ4n) is 1.93. The molecule has 0 bridgehead atoms. The third-order valence-electron chi connectivity index (χ3n) is 2.89. The zero-order valence-electron chi connectivity index (χ0n) is 12.1. The number of nitrogens with zero attached hydrogens (tertiary/aromatic N) is 2. The number of aromatic nitrogens is 1. The number of benzene rings is 2. The minimum absolute atomic E-state index is 0. The SMILES string of the molecule is Oc1ccccc1C=Nc1cccc2cccnc12.[CH3-].[Ti+][Br]. The molecule has 3 nitrogen and oxygen atoms in total. The monoisotopic (exact) mass is 390 g/mol. The number of aliphatic imine (C=N–C) groups is 1. The van der Waals surface area contributed by atoms with E-state index in [-0.39, 0.29) is 13.2 Å². The van der Waals surface area contributed by atoms with Gasteiger partial charge in [-0.05, 0) is 24.3 Å². The summed E-state index contributed by atoms with van der Waals surface area (Å²) in [7, 11) is 0. The zero-order valence-corrected chi connectivity index (χ0v) is 15.2. The van der Waals surface area contributed by atoms with Gasteiger partial charge < -0.3 is 12.5 Å². The van der Waals surface area contributed by atoms with E-state index in [9.17, 15) is 5.11 Å². The van der Waals surface area contributed by atoms with Gasteiger partial charge in [0, 0.05) is 23.4 Å². The normalized spacial score (nSPS) is 9.82. The summed E-state index contributed by atoms with van der Waals surface area (Å²) in [6.45, 7) is 0. The summed E-state index contributed by atoms with van der Waals surface area (Å²) in [5, 5.41) is 10.7. The van der Waals surface area contributed by atoms with Crippen LogP contribution < -0.4 is 0 Å². The van der Waals surface area contributed by atoms with Crippen molar-refractivity contribution in [2.24, 2.45) is 4.99 Å². The van der Waals surface area contributed by atoms with Crippen LogP contribution in [0, 0.1) is 7.43 Å². The van der Waals surface area contributed by atoms with Gasteiger partial charge in [-0.2, -0.15) is 0 Å². The van der Waals surface area contributed by atoms with E-state index in [1.54, 1.807) is 24.5 Å². The summed E-state index contributed by atoms with van der Waals surface area (Å²) in [5.41, 5.74) is 2.34. The summed E-state index contributed by atoms with van der Waals surface area (Å²) in [5.74, 6) is 0.222. The van der Waals surface area contributed by atoms with Gasteiger partial charge in [-0.15, -0.1) is 0 Å². The van der Waals surface area contributed by atoms with Crippen LogP contribution in [0.5, 0.6) is 5.75 Å². The van der Waals surface area contributed by atoms with Crippen molar-refractivity contribution < 1.29 is 23.4 Å². The molecular weight excluding hydrogens is 376 g/mol. The van der Waals surface area contributed by atoms with Gasteiger partial charge in [-0.25, -0.2) is 0 Å². The Hall–Kier alpha value is -1.49. The Morgan fingerprint density at radius 2 is 1.73 bits per heavy atom. The summed E-state index contributed by atoms with van der Waals surface area (Å²) in [6.07, 6.45) is 3.40. The van der Waals surface area contributed by atoms with Gasteiger partial charge in [-0.3, -0.25) is 9.98 Å². The number of hydrogen-bond donors (Lipinski definition) is 1. The molecule has 110 valence electrons. The fraction of sp³-hybridized carbons (Fsp3) is 0. The van der Waals surface area contributed by atoms with E-state index in [1.807, 2.05) is 60.8 Å². The van der Waals surface area contributed by atoms with E-state index in [0.29, 0.717) is 5.56 Å². The van der Waals surface area contributed by atoms with Crippen molar-refractivity contribution in [1.82, 2.24) is 4.98 Å². The Bertz CT molecular complexity index is 757. The predicted molar refractivity (Wildman–Crippen MR) is 92.4 cm³/mol. The van der Waals surface area contributed by atoms with Crippen molar-refractivity contribution in [3.05, 3.63) is 73.8 Å². The van der Waals surface area contributed by atoms with Crippen LogP contribution in [0.15, 0.2) is 65.8 Å². The topological polar surface area (TPSA) is 45.5 Å². The van der Waals surface area contributed by atoms with Crippen LogP contribution in [0.1, 0.15) is 5.56 Å². The van der Waals surface area contributed by atoms with Gasteiger partial charge in [0.25, 0.3) is 0 Å². The van der Waals surface area contributed by atoms with E-state index in [1.165, 1.54) is 0 Å². The number of phenolic OH excluding ortho intramolecular Hbond substituents is 1. The van der Waals surface area contributed by atoms with Crippen LogP contribution in [-0.2, 0) is 18.3 Å². The standard InChI is InChI=1S/C16H12N2O.CH3.BrH.Ti/c19-15-9-2-1-5-13(15)11-18-14-8-3-6-12-7-4-10-17-16(12)14;;;/h1-11,19H;1H3;1H;/q;-1;;+2/p-1. The molecule has 0 aliphatic carbocycles. The van der Waals surface area contributed by atoms with Crippen LogP contribution in [0.4, 0.5) is 5.69 Å². The number of aromatic hydroxyl groups is 1. The molecule has 0 aliphatic rings. The Balaban J connectivity index is 0.000000775. The molecule has 1 N–H and O–H groups in total. The number of halogens is 1. The minimum atomic E-state index is 0. The van der Waals surface area contributed by atoms with Crippen molar-refractivity contribution in [1.29, 1.82) is 0 Å². The second-order valence-corrected chi connectivity index (χ2v) is 4.17. The molecule has 0 saturated heterocycles. The van der Waals surface area contributed by atoms with Gasteiger partial charge in [0.2, 0.25) is 0 Å². The van der Waals surface area contributed by atoms with E-state index in [0.717, 1.165) is 16.6 Å². The van der Waals surface area contributed by atoms with Crippen LogP contribution in [0.25, 0.3) is 10.9 Å². The molecule has 3 aromatic rings.